The number of hydrogen-bond acceptors (Lipinski definition) is 6. The van der Waals surface area contributed by atoms with Gasteiger partial charge in [-0.2, -0.15) is 0 Å². The van der Waals surface area contributed by atoms with E-state index in [-0.39, 0.29) is 36.7 Å². The third-order valence-electron chi connectivity index (χ3n) is 5.25. The number of amides is 2. The first-order valence-electron chi connectivity index (χ1n) is 10.9. The van der Waals surface area contributed by atoms with Crippen LogP contribution in [0, 0.1) is 12.7 Å². The normalized spacial score (nSPS) is 14.5. The number of benzene rings is 3. The van der Waals surface area contributed by atoms with Crippen molar-refractivity contribution < 1.29 is 28.2 Å². The first-order chi connectivity index (χ1) is 16.9. The van der Waals surface area contributed by atoms with Gasteiger partial charge in [-0.25, -0.2) is 4.39 Å². The molecule has 3 aromatic rings. The Labute approximate surface area is 207 Å². The van der Waals surface area contributed by atoms with Crippen molar-refractivity contribution >= 4 is 29.0 Å². The fraction of sp³-hybridized carbons (Fsp3) is 0.185. The van der Waals surface area contributed by atoms with Crippen molar-refractivity contribution in [3.8, 4) is 17.2 Å². The second-order valence-corrected chi connectivity index (χ2v) is 8.82. The molecule has 1 fully saturated rings. The lowest BCUT2D eigenvalue weighted by Crippen LogP contribution is -2.32. The first kappa shape index (κ1) is 24.3. The molecule has 6 nitrogen and oxygen atoms in total. The molecule has 1 saturated heterocycles. The molecule has 0 aliphatic carbocycles. The van der Waals surface area contributed by atoms with Gasteiger partial charge in [-0.15, -0.1) is 0 Å². The first-order valence-corrected chi connectivity index (χ1v) is 11.7. The number of aryl methyl sites for hydroxylation is 1. The van der Waals surface area contributed by atoms with E-state index in [0.717, 1.165) is 17.3 Å². The van der Waals surface area contributed by atoms with Crippen LogP contribution in [0.3, 0.4) is 0 Å². The molecule has 1 heterocycles. The smallest absolute Gasteiger partial charge is 0.293 e. The molecule has 3 aromatic carbocycles. The summed E-state index contributed by atoms with van der Waals surface area (Å²) in [5, 5.41) is -0.337. The molecule has 0 bridgehead atoms. The number of hydrogen-bond donors (Lipinski definition) is 0. The SMILES string of the molecule is COc1cc(/C=C2\SC(=O)N(CCOc3ccc(C)cc3)C2=O)ccc1OCc1cccc(F)c1. The van der Waals surface area contributed by atoms with Crippen LogP contribution in [-0.2, 0) is 11.4 Å². The molecule has 0 N–H and O–H groups in total. The van der Waals surface area contributed by atoms with Crippen LogP contribution in [0.5, 0.6) is 17.2 Å². The standard InChI is InChI=1S/C27H24FNO5S/c1-18-6-9-22(10-7-18)33-13-12-29-26(30)25(35-27(29)31)16-19-8-11-23(24(15-19)32-2)34-17-20-4-3-5-21(28)14-20/h3-11,14-16H,12-13,17H2,1-2H3/b25-16-. The Hall–Kier alpha value is -3.78. The van der Waals surface area contributed by atoms with E-state index in [9.17, 15) is 14.0 Å². The Morgan fingerprint density at radius 1 is 0.971 bits per heavy atom. The number of halogens is 1. The molecule has 180 valence electrons. The van der Waals surface area contributed by atoms with Gasteiger partial charge in [-0.05, 0) is 72.3 Å². The molecular formula is C27H24FNO5S. The van der Waals surface area contributed by atoms with E-state index < -0.39 is 0 Å². The highest BCUT2D eigenvalue weighted by Crippen LogP contribution is 2.34. The third-order valence-corrected chi connectivity index (χ3v) is 6.15. The van der Waals surface area contributed by atoms with Gasteiger partial charge in [0.15, 0.2) is 11.5 Å². The number of nitrogens with zero attached hydrogens (tertiary/aromatic N) is 1. The van der Waals surface area contributed by atoms with E-state index in [4.69, 9.17) is 14.2 Å². The Bertz CT molecular complexity index is 1260. The average Bonchev–Trinajstić information content (AvgIpc) is 3.11. The molecule has 1 aliphatic heterocycles. The predicted octanol–water partition coefficient (Wildman–Crippen LogP) is 5.84. The molecule has 0 saturated carbocycles. The molecule has 1 aliphatic rings. The molecule has 0 aromatic heterocycles. The molecular weight excluding hydrogens is 469 g/mol. The van der Waals surface area contributed by atoms with Crippen LogP contribution >= 0.6 is 11.8 Å². The quantitative estimate of drug-likeness (QED) is 0.349. The number of imide groups is 1. The maximum atomic E-state index is 13.4. The highest BCUT2D eigenvalue weighted by Gasteiger charge is 2.34. The maximum absolute atomic E-state index is 13.4. The number of carbonyl (C=O) groups excluding carboxylic acids is 2. The summed E-state index contributed by atoms with van der Waals surface area (Å²) in [6.07, 6.45) is 1.64. The van der Waals surface area contributed by atoms with E-state index in [2.05, 4.69) is 0 Å². The van der Waals surface area contributed by atoms with Crippen LogP contribution in [0.4, 0.5) is 9.18 Å². The number of thioether (sulfide) groups is 1. The molecule has 0 atom stereocenters. The molecule has 8 heteroatoms. The monoisotopic (exact) mass is 493 g/mol. The highest BCUT2D eigenvalue weighted by molar-refractivity contribution is 8.18. The summed E-state index contributed by atoms with van der Waals surface area (Å²) in [7, 11) is 1.51. The summed E-state index contributed by atoms with van der Waals surface area (Å²) in [5.41, 5.74) is 2.49. The van der Waals surface area contributed by atoms with Crippen LogP contribution in [-0.4, -0.2) is 36.3 Å². The number of ether oxygens (including phenoxy) is 3. The lowest BCUT2D eigenvalue weighted by molar-refractivity contribution is -0.123. The van der Waals surface area contributed by atoms with Crippen LogP contribution in [0.25, 0.3) is 6.08 Å². The zero-order valence-corrected chi connectivity index (χ0v) is 20.1. The molecule has 0 radical (unpaired) electrons. The highest BCUT2D eigenvalue weighted by atomic mass is 32.2. The van der Waals surface area contributed by atoms with Crippen molar-refractivity contribution in [3.63, 3.8) is 0 Å². The topological polar surface area (TPSA) is 65.1 Å². The second kappa shape index (κ2) is 11.1. The van der Waals surface area contributed by atoms with E-state index >= 15 is 0 Å². The zero-order chi connectivity index (χ0) is 24.8. The summed E-state index contributed by atoms with van der Waals surface area (Å²) < 4.78 is 30.2. The Morgan fingerprint density at radius 2 is 1.77 bits per heavy atom. The third kappa shape index (κ3) is 6.22. The predicted molar refractivity (Wildman–Crippen MR) is 133 cm³/mol. The second-order valence-electron chi connectivity index (χ2n) is 7.82. The lowest BCUT2D eigenvalue weighted by atomic mass is 10.1. The van der Waals surface area contributed by atoms with Gasteiger partial charge in [0.2, 0.25) is 0 Å². The fourth-order valence-electron chi connectivity index (χ4n) is 3.41. The van der Waals surface area contributed by atoms with Crippen molar-refractivity contribution in [3.05, 3.63) is 94.1 Å². The minimum Gasteiger partial charge on any atom is -0.493 e. The lowest BCUT2D eigenvalue weighted by Gasteiger charge is -2.13. The number of methoxy groups -OCH3 is 1. The van der Waals surface area contributed by atoms with Gasteiger partial charge < -0.3 is 14.2 Å². The summed E-state index contributed by atoms with van der Waals surface area (Å²) in [4.78, 5) is 26.7. The molecule has 0 unspecified atom stereocenters. The van der Waals surface area contributed by atoms with Gasteiger partial charge in [0, 0.05) is 0 Å². The van der Waals surface area contributed by atoms with Crippen LogP contribution in [0.15, 0.2) is 71.6 Å². The van der Waals surface area contributed by atoms with Crippen LogP contribution in [0.1, 0.15) is 16.7 Å². The minimum absolute atomic E-state index is 0.159. The Balaban J connectivity index is 1.39. The van der Waals surface area contributed by atoms with Gasteiger partial charge in [0.1, 0.15) is 24.8 Å². The van der Waals surface area contributed by atoms with Gasteiger partial charge in [-0.3, -0.25) is 14.5 Å². The van der Waals surface area contributed by atoms with Gasteiger partial charge in [0.05, 0.1) is 18.6 Å². The zero-order valence-electron chi connectivity index (χ0n) is 19.3. The van der Waals surface area contributed by atoms with E-state index in [1.165, 1.54) is 24.1 Å². The van der Waals surface area contributed by atoms with Crippen LogP contribution < -0.4 is 14.2 Å². The van der Waals surface area contributed by atoms with Gasteiger partial charge in [0.25, 0.3) is 11.1 Å². The summed E-state index contributed by atoms with van der Waals surface area (Å²) in [6, 6.07) is 18.9. The maximum Gasteiger partial charge on any atom is 0.293 e. The van der Waals surface area contributed by atoms with Crippen molar-refractivity contribution in [1.29, 1.82) is 0 Å². The molecule has 2 amide bonds. The van der Waals surface area contributed by atoms with E-state index in [1.807, 2.05) is 31.2 Å². The molecule has 35 heavy (non-hydrogen) atoms. The number of carbonyl (C=O) groups is 2. The van der Waals surface area contributed by atoms with Crippen LogP contribution in [0.2, 0.25) is 0 Å². The molecule has 0 spiro atoms. The van der Waals surface area contributed by atoms with Gasteiger partial charge in [-0.1, -0.05) is 35.9 Å². The van der Waals surface area contributed by atoms with Crippen molar-refractivity contribution in [2.45, 2.75) is 13.5 Å². The van der Waals surface area contributed by atoms with Crippen molar-refractivity contribution in [2.75, 3.05) is 20.3 Å². The van der Waals surface area contributed by atoms with Crippen molar-refractivity contribution in [2.24, 2.45) is 0 Å². The minimum atomic E-state index is -0.363. The summed E-state index contributed by atoms with van der Waals surface area (Å²) in [6.45, 7) is 2.53. The van der Waals surface area contributed by atoms with Crippen molar-refractivity contribution in [1.82, 2.24) is 4.90 Å². The molecule has 4 rings (SSSR count). The average molecular weight is 494 g/mol. The Kier molecular flexibility index (Phi) is 7.72. The fourth-order valence-corrected chi connectivity index (χ4v) is 4.28. The van der Waals surface area contributed by atoms with E-state index in [1.54, 1.807) is 36.4 Å². The summed E-state index contributed by atoms with van der Waals surface area (Å²) in [5.74, 6) is 0.933. The largest absolute Gasteiger partial charge is 0.493 e. The Morgan fingerprint density at radius 3 is 2.51 bits per heavy atom. The van der Waals surface area contributed by atoms with E-state index in [0.29, 0.717) is 33.3 Å². The number of rotatable bonds is 9. The summed E-state index contributed by atoms with van der Waals surface area (Å²) >= 11 is 0.887. The van der Waals surface area contributed by atoms with Gasteiger partial charge >= 0.3 is 0 Å².